The van der Waals surface area contributed by atoms with Crippen molar-refractivity contribution in [3.8, 4) is 0 Å². The molecule has 14 nitrogen and oxygen atoms in total. The summed E-state index contributed by atoms with van der Waals surface area (Å²) in [6.07, 6.45) is 6.07. The third-order valence-corrected chi connectivity index (χ3v) is 12.3. The van der Waals surface area contributed by atoms with E-state index >= 15 is 0 Å². The molecule has 0 saturated carbocycles. The number of hydrogen-bond acceptors (Lipinski definition) is 8. The average Bonchev–Trinajstić information content (AvgIpc) is 3.79. The van der Waals surface area contributed by atoms with Crippen LogP contribution in [0.2, 0.25) is 0 Å². The summed E-state index contributed by atoms with van der Waals surface area (Å²) < 4.78 is 27.8. The minimum atomic E-state index is -3.97. The lowest BCUT2D eigenvalue weighted by Gasteiger charge is -2.36. The molecule has 4 rings (SSSR count). The summed E-state index contributed by atoms with van der Waals surface area (Å²) in [6.45, 7) is 13.6. The number of carbonyl (C=O) groups excluding carboxylic acids is 5. The Labute approximate surface area is 325 Å². The quantitative estimate of drug-likeness (QED) is 0.139. The largest absolute Gasteiger partial charge is 0.350 e. The molecule has 1 unspecified atom stereocenters. The second-order valence-corrected chi connectivity index (χ2v) is 17.5. The molecule has 2 heterocycles. The summed E-state index contributed by atoms with van der Waals surface area (Å²) in [5, 5.41) is 11.1. The number of sulfonamides is 1. The van der Waals surface area contributed by atoms with Gasteiger partial charge in [-0.05, 0) is 67.2 Å². The Morgan fingerprint density at radius 2 is 1.65 bits per heavy atom. The van der Waals surface area contributed by atoms with E-state index in [9.17, 15) is 32.4 Å². The van der Waals surface area contributed by atoms with Crippen LogP contribution < -0.4 is 21.3 Å². The van der Waals surface area contributed by atoms with Crippen LogP contribution in [0, 0.1) is 17.3 Å². The predicted molar refractivity (Wildman–Crippen MR) is 209 cm³/mol. The van der Waals surface area contributed by atoms with Gasteiger partial charge in [-0.25, -0.2) is 18.2 Å². The van der Waals surface area contributed by atoms with E-state index in [-0.39, 0.29) is 37.0 Å². The number of amides is 5. The fraction of sp³-hybridized carbons (Fsp3) is 0.550. The Morgan fingerprint density at radius 3 is 2.22 bits per heavy atom. The molecule has 2 aliphatic rings. The molecule has 1 fully saturated rings. The zero-order valence-electron chi connectivity index (χ0n) is 32.8. The minimum absolute atomic E-state index is 0.0765. The van der Waals surface area contributed by atoms with Gasteiger partial charge in [0.2, 0.25) is 17.6 Å². The molecule has 0 bridgehead atoms. The van der Waals surface area contributed by atoms with Crippen molar-refractivity contribution >= 4 is 39.6 Å². The number of likely N-dealkylation sites (tertiary alicyclic amines) is 1. The van der Waals surface area contributed by atoms with Crippen LogP contribution in [0.15, 0.2) is 66.3 Å². The van der Waals surface area contributed by atoms with Crippen molar-refractivity contribution < 1.29 is 32.4 Å². The van der Waals surface area contributed by atoms with Crippen molar-refractivity contribution in [2.75, 3.05) is 26.7 Å². The first-order valence-electron chi connectivity index (χ1n) is 19.1. The van der Waals surface area contributed by atoms with E-state index < -0.39 is 75.1 Å². The van der Waals surface area contributed by atoms with Crippen LogP contribution in [0.1, 0.15) is 71.4 Å². The lowest BCUT2D eigenvalue weighted by atomic mass is 9.86. The normalized spacial score (nSPS) is 18.9. The maximum absolute atomic E-state index is 14.8. The highest BCUT2D eigenvalue weighted by Gasteiger charge is 2.46. The number of carbonyl (C=O) groups is 5. The second-order valence-electron chi connectivity index (χ2n) is 15.5. The van der Waals surface area contributed by atoms with E-state index in [0.717, 1.165) is 21.9 Å². The van der Waals surface area contributed by atoms with Gasteiger partial charge in [-0.2, -0.15) is 4.31 Å². The summed E-state index contributed by atoms with van der Waals surface area (Å²) in [5.41, 5.74) is 1.51. The van der Waals surface area contributed by atoms with Gasteiger partial charge in [0, 0.05) is 44.8 Å². The van der Waals surface area contributed by atoms with Gasteiger partial charge in [-0.3, -0.25) is 19.2 Å². The lowest BCUT2D eigenvalue weighted by molar-refractivity contribution is -0.143. The Balaban J connectivity index is 1.60. The number of nitrogens with zero attached hydrogens (tertiary/aromatic N) is 3. The molecule has 1 aliphatic carbocycles. The summed E-state index contributed by atoms with van der Waals surface area (Å²) in [4.78, 5) is 73.9. The molecular formula is C40H57N7O7S. The van der Waals surface area contributed by atoms with Gasteiger partial charge < -0.3 is 26.2 Å². The number of nitrogens with one attached hydrogen (secondary N) is 4. The number of rotatable bonds is 17. The van der Waals surface area contributed by atoms with Gasteiger partial charge in [0.1, 0.15) is 12.1 Å². The SMILES string of the molecule is C=C[C@H]1CCN(C(=O)[C@@H](NC(=O)N[C@H](CN(C)S(=O)(=O)c2ccccn2)C(C)(C)C)C2Cc3ccccc3C2)[C@@H]1C(=O)NC(CCCC)C(=O)C(=O)NCC. The number of unbranched alkanes of at least 4 members (excludes halogenated alkanes) is 1. The van der Waals surface area contributed by atoms with E-state index in [4.69, 9.17) is 0 Å². The van der Waals surface area contributed by atoms with E-state index in [1.807, 2.05) is 52.0 Å². The molecule has 0 spiro atoms. The zero-order valence-corrected chi connectivity index (χ0v) is 33.7. The van der Waals surface area contributed by atoms with Crippen LogP contribution in [0.4, 0.5) is 4.79 Å². The molecule has 1 aromatic heterocycles. The van der Waals surface area contributed by atoms with Crippen molar-refractivity contribution in [1.82, 2.24) is 35.5 Å². The van der Waals surface area contributed by atoms with Crippen LogP contribution in [0.3, 0.4) is 0 Å². The highest BCUT2D eigenvalue weighted by molar-refractivity contribution is 7.89. The summed E-state index contributed by atoms with van der Waals surface area (Å²) >= 11 is 0. The molecule has 0 radical (unpaired) electrons. The first-order valence-corrected chi connectivity index (χ1v) is 20.5. The number of likely N-dealkylation sites (N-methyl/N-ethyl adjacent to an activating group) is 2. The molecule has 15 heteroatoms. The van der Waals surface area contributed by atoms with Gasteiger partial charge in [-0.1, -0.05) is 76.9 Å². The fourth-order valence-electron chi connectivity index (χ4n) is 7.27. The van der Waals surface area contributed by atoms with Crippen molar-refractivity contribution in [3.05, 3.63) is 72.4 Å². The van der Waals surface area contributed by atoms with Crippen molar-refractivity contribution in [2.24, 2.45) is 17.3 Å². The summed E-state index contributed by atoms with van der Waals surface area (Å²) in [5.74, 6) is -3.35. The number of Topliss-reactive ketones (excluding diaryl/α,β-unsaturated/α-hetero) is 1. The first kappa shape index (κ1) is 43.1. The second kappa shape index (κ2) is 18.8. The number of fused-ring (bicyclic) bond motifs is 1. The fourth-order valence-corrected chi connectivity index (χ4v) is 8.38. The van der Waals surface area contributed by atoms with Crippen molar-refractivity contribution in [1.29, 1.82) is 0 Å². The van der Waals surface area contributed by atoms with Gasteiger partial charge in [-0.15, -0.1) is 6.58 Å². The molecule has 55 heavy (non-hydrogen) atoms. The van der Waals surface area contributed by atoms with E-state index in [1.54, 1.807) is 25.1 Å². The molecular weight excluding hydrogens is 723 g/mol. The Hall–Kier alpha value is -4.63. The van der Waals surface area contributed by atoms with E-state index in [2.05, 4.69) is 32.8 Å². The molecule has 300 valence electrons. The lowest BCUT2D eigenvalue weighted by Crippen LogP contribution is -2.61. The topological polar surface area (TPSA) is 187 Å². The third-order valence-electron chi connectivity index (χ3n) is 10.5. The maximum Gasteiger partial charge on any atom is 0.315 e. The van der Waals surface area contributed by atoms with Crippen LogP contribution in [-0.2, 0) is 42.0 Å². The van der Waals surface area contributed by atoms with Crippen molar-refractivity contribution in [2.45, 2.75) is 102 Å². The number of ketones is 1. The number of pyridine rings is 1. The Kier molecular flexibility index (Phi) is 14.7. The van der Waals surface area contributed by atoms with Crippen LogP contribution >= 0.6 is 0 Å². The van der Waals surface area contributed by atoms with Gasteiger partial charge in [0.05, 0.1) is 6.04 Å². The van der Waals surface area contributed by atoms with Gasteiger partial charge >= 0.3 is 6.03 Å². The highest BCUT2D eigenvalue weighted by Crippen LogP contribution is 2.33. The summed E-state index contributed by atoms with van der Waals surface area (Å²) in [6, 6.07) is 7.94. The van der Waals surface area contributed by atoms with E-state index in [0.29, 0.717) is 25.7 Å². The van der Waals surface area contributed by atoms with E-state index in [1.165, 1.54) is 24.2 Å². The average molecular weight is 780 g/mol. The molecule has 2 aromatic rings. The highest BCUT2D eigenvalue weighted by atomic mass is 32.2. The van der Waals surface area contributed by atoms with Crippen LogP contribution in [0.5, 0.6) is 0 Å². The molecule has 4 N–H and O–H groups in total. The van der Waals surface area contributed by atoms with Crippen LogP contribution in [-0.4, -0.2) is 103 Å². The number of aromatic nitrogens is 1. The molecule has 1 aromatic carbocycles. The molecule has 1 saturated heterocycles. The Bertz CT molecular complexity index is 1790. The zero-order chi connectivity index (χ0) is 40.5. The smallest absolute Gasteiger partial charge is 0.315 e. The van der Waals surface area contributed by atoms with Crippen LogP contribution in [0.25, 0.3) is 0 Å². The number of hydrogen-bond donors (Lipinski definition) is 4. The predicted octanol–water partition coefficient (Wildman–Crippen LogP) is 2.98. The maximum atomic E-state index is 14.8. The molecule has 5 amide bonds. The monoisotopic (exact) mass is 779 g/mol. The first-order chi connectivity index (χ1) is 26.0. The molecule has 5 atom stereocenters. The number of benzene rings is 1. The molecule has 1 aliphatic heterocycles. The minimum Gasteiger partial charge on any atom is -0.350 e. The standard InChI is InChI=1S/C40H57N7O7S/c1-8-11-18-30(35(48)37(50)41-10-3)43-36(49)34-26(9-2)20-22-47(34)38(51)33(29-23-27-16-12-13-17-28(27)24-29)45-39(52)44-31(40(4,5)6)25-46(7)55(53,54)32-19-14-15-21-42-32/h9,12-17,19,21,26,29-31,33-34H,2,8,10-11,18,20,22-25H2,1,3-7H3,(H,41,50)(H,43,49)(H2,44,45,52)/t26-,30?,31+,33-,34-/m0/s1. The van der Waals surface area contributed by atoms with Gasteiger partial charge in [0.25, 0.3) is 15.9 Å². The third kappa shape index (κ3) is 10.6. The summed E-state index contributed by atoms with van der Waals surface area (Å²) in [7, 11) is -2.54. The Morgan fingerprint density at radius 1 is 1.00 bits per heavy atom. The van der Waals surface area contributed by atoms with Crippen molar-refractivity contribution in [3.63, 3.8) is 0 Å². The number of urea groups is 1. The van der Waals surface area contributed by atoms with Gasteiger partial charge in [0.15, 0.2) is 5.03 Å².